The quantitative estimate of drug-likeness (QED) is 0.440. The van der Waals surface area contributed by atoms with Gasteiger partial charge in [-0.3, -0.25) is 4.79 Å². The van der Waals surface area contributed by atoms with Gasteiger partial charge in [-0.25, -0.2) is 4.98 Å². The van der Waals surface area contributed by atoms with Crippen LogP contribution in [0.15, 0.2) is 66.7 Å². The van der Waals surface area contributed by atoms with Gasteiger partial charge in [-0.15, -0.1) is 0 Å². The fraction of sp³-hybridized carbons (Fsp3) is 0.154. The predicted octanol–water partition coefficient (Wildman–Crippen LogP) is 5.49. The number of anilines is 1. The van der Waals surface area contributed by atoms with Crippen LogP contribution in [0.4, 0.5) is 5.69 Å². The molecule has 0 saturated heterocycles. The van der Waals surface area contributed by atoms with Crippen molar-refractivity contribution >= 4 is 22.5 Å². The maximum Gasteiger partial charge on any atom is 0.256 e. The van der Waals surface area contributed by atoms with Gasteiger partial charge in [-0.05, 0) is 19.1 Å². The number of para-hydroxylation sites is 1. The topological polar surface area (TPSA) is 69.7 Å². The van der Waals surface area contributed by atoms with Gasteiger partial charge in [0.15, 0.2) is 11.5 Å². The molecule has 32 heavy (non-hydrogen) atoms. The standard InChI is InChI=1S/C26H24N2O4/c1-16-9-11-17(12-10-16)22-15-20(19-7-5-6-8-21(19)28-22)26(29)27-18-13-23(30-2)25(32-4)24(14-18)31-3/h5-15H,1-4H3,(H,27,29). The normalized spacial score (nSPS) is 10.6. The Labute approximate surface area is 186 Å². The third kappa shape index (κ3) is 4.07. The first kappa shape index (κ1) is 21.2. The molecule has 1 aromatic heterocycles. The number of benzene rings is 3. The molecule has 1 N–H and O–H groups in total. The van der Waals surface area contributed by atoms with E-state index in [1.165, 1.54) is 21.3 Å². The van der Waals surface area contributed by atoms with Gasteiger partial charge in [0.05, 0.1) is 38.1 Å². The number of hydrogen-bond donors (Lipinski definition) is 1. The lowest BCUT2D eigenvalue weighted by Gasteiger charge is -2.15. The van der Waals surface area contributed by atoms with Crippen LogP contribution in [0.1, 0.15) is 15.9 Å². The number of carbonyl (C=O) groups is 1. The van der Waals surface area contributed by atoms with Crippen LogP contribution in [0.3, 0.4) is 0 Å². The molecule has 0 radical (unpaired) electrons. The van der Waals surface area contributed by atoms with E-state index >= 15 is 0 Å². The van der Waals surface area contributed by atoms with E-state index in [9.17, 15) is 4.79 Å². The Balaban J connectivity index is 1.78. The number of carbonyl (C=O) groups excluding carboxylic acids is 1. The Morgan fingerprint density at radius 1 is 0.844 bits per heavy atom. The molecular weight excluding hydrogens is 404 g/mol. The molecule has 4 rings (SSSR count). The fourth-order valence-corrected chi connectivity index (χ4v) is 3.59. The highest BCUT2D eigenvalue weighted by atomic mass is 16.5. The molecule has 0 aliphatic heterocycles. The molecule has 0 spiro atoms. The van der Waals surface area contributed by atoms with Crippen LogP contribution in [0.5, 0.6) is 17.2 Å². The summed E-state index contributed by atoms with van der Waals surface area (Å²) >= 11 is 0. The highest BCUT2D eigenvalue weighted by Crippen LogP contribution is 2.40. The highest BCUT2D eigenvalue weighted by molar-refractivity contribution is 6.13. The van der Waals surface area contributed by atoms with Gasteiger partial charge in [0, 0.05) is 28.8 Å². The van der Waals surface area contributed by atoms with Crippen LogP contribution in [0, 0.1) is 6.92 Å². The second-order valence-electron chi connectivity index (χ2n) is 7.31. The molecule has 1 amide bonds. The van der Waals surface area contributed by atoms with Crippen molar-refractivity contribution in [3.05, 3.63) is 77.9 Å². The van der Waals surface area contributed by atoms with Gasteiger partial charge in [-0.2, -0.15) is 0 Å². The predicted molar refractivity (Wildman–Crippen MR) is 126 cm³/mol. The van der Waals surface area contributed by atoms with Crippen molar-refractivity contribution in [1.29, 1.82) is 0 Å². The summed E-state index contributed by atoms with van der Waals surface area (Å²) < 4.78 is 16.2. The van der Waals surface area contributed by atoms with Gasteiger partial charge in [0.25, 0.3) is 5.91 Å². The summed E-state index contributed by atoms with van der Waals surface area (Å²) in [4.78, 5) is 18.1. The summed E-state index contributed by atoms with van der Waals surface area (Å²) in [6.45, 7) is 2.04. The summed E-state index contributed by atoms with van der Waals surface area (Å²) in [5.74, 6) is 1.12. The summed E-state index contributed by atoms with van der Waals surface area (Å²) in [7, 11) is 4.61. The molecule has 0 aliphatic carbocycles. The van der Waals surface area contributed by atoms with E-state index < -0.39 is 0 Å². The molecule has 162 valence electrons. The summed E-state index contributed by atoms with van der Waals surface area (Å²) in [6, 6.07) is 20.9. The number of nitrogens with one attached hydrogen (secondary N) is 1. The van der Waals surface area contributed by atoms with Gasteiger partial charge in [0.1, 0.15) is 0 Å². The average Bonchev–Trinajstić information content (AvgIpc) is 2.83. The third-order valence-electron chi connectivity index (χ3n) is 5.23. The minimum Gasteiger partial charge on any atom is -0.493 e. The summed E-state index contributed by atoms with van der Waals surface area (Å²) in [6.07, 6.45) is 0. The molecule has 0 bridgehead atoms. The van der Waals surface area contributed by atoms with E-state index in [1.54, 1.807) is 12.1 Å². The van der Waals surface area contributed by atoms with E-state index in [4.69, 9.17) is 19.2 Å². The molecule has 0 unspecified atom stereocenters. The second kappa shape index (κ2) is 8.98. The van der Waals surface area contributed by atoms with Gasteiger partial charge in [-0.1, -0.05) is 48.0 Å². The van der Waals surface area contributed by atoms with Crippen molar-refractivity contribution in [2.24, 2.45) is 0 Å². The minimum atomic E-state index is -0.258. The number of ether oxygens (including phenoxy) is 3. The van der Waals surface area contributed by atoms with Gasteiger partial charge in [0.2, 0.25) is 5.75 Å². The molecule has 3 aromatic carbocycles. The Kier molecular flexibility index (Phi) is 5.94. The van der Waals surface area contributed by atoms with Crippen molar-refractivity contribution in [2.75, 3.05) is 26.6 Å². The number of rotatable bonds is 6. The number of nitrogens with zero attached hydrogens (tertiary/aromatic N) is 1. The number of amides is 1. The van der Waals surface area contributed by atoms with Crippen LogP contribution in [-0.4, -0.2) is 32.2 Å². The lowest BCUT2D eigenvalue weighted by molar-refractivity contribution is 0.102. The molecule has 1 heterocycles. The highest BCUT2D eigenvalue weighted by Gasteiger charge is 2.18. The summed E-state index contributed by atoms with van der Waals surface area (Å²) in [5.41, 5.74) is 4.65. The van der Waals surface area contributed by atoms with Crippen molar-refractivity contribution in [1.82, 2.24) is 4.98 Å². The smallest absolute Gasteiger partial charge is 0.256 e. The van der Waals surface area contributed by atoms with E-state index in [0.29, 0.717) is 28.5 Å². The Morgan fingerprint density at radius 3 is 2.12 bits per heavy atom. The summed E-state index contributed by atoms with van der Waals surface area (Å²) in [5, 5.41) is 3.73. The molecular formula is C26H24N2O4. The minimum absolute atomic E-state index is 0.258. The maximum atomic E-state index is 13.4. The number of fused-ring (bicyclic) bond motifs is 1. The average molecular weight is 428 g/mol. The number of pyridine rings is 1. The van der Waals surface area contributed by atoms with E-state index in [-0.39, 0.29) is 5.91 Å². The zero-order valence-electron chi connectivity index (χ0n) is 18.4. The molecule has 6 heteroatoms. The van der Waals surface area contributed by atoms with Crippen LogP contribution < -0.4 is 19.5 Å². The van der Waals surface area contributed by atoms with Crippen LogP contribution >= 0.6 is 0 Å². The third-order valence-corrected chi connectivity index (χ3v) is 5.23. The Hall–Kier alpha value is -4.06. The first-order valence-electron chi connectivity index (χ1n) is 10.1. The van der Waals surface area contributed by atoms with Crippen LogP contribution in [0.25, 0.3) is 22.2 Å². The lowest BCUT2D eigenvalue weighted by Crippen LogP contribution is -2.13. The molecule has 0 saturated carbocycles. The largest absolute Gasteiger partial charge is 0.493 e. The van der Waals surface area contributed by atoms with E-state index in [2.05, 4.69) is 5.32 Å². The van der Waals surface area contributed by atoms with Crippen molar-refractivity contribution in [2.45, 2.75) is 6.92 Å². The Morgan fingerprint density at radius 2 is 1.50 bits per heavy atom. The second-order valence-corrected chi connectivity index (χ2v) is 7.31. The van der Waals surface area contributed by atoms with Crippen LogP contribution in [0.2, 0.25) is 0 Å². The zero-order valence-corrected chi connectivity index (χ0v) is 18.4. The molecule has 0 atom stereocenters. The van der Waals surface area contributed by atoms with E-state index in [0.717, 1.165) is 27.7 Å². The number of hydrogen-bond acceptors (Lipinski definition) is 5. The first-order valence-corrected chi connectivity index (χ1v) is 10.1. The fourth-order valence-electron chi connectivity index (χ4n) is 3.59. The molecule has 6 nitrogen and oxygen atoms in total. The SMILES string of the molecule is COc1cc(NC(=O)c2cc(-c3ccc(C)cc3)nc3ccccc23)cc(OC)c1OC. The van der Waals surface area contributed by atoms with Crippen molar-refractivity contribution < 1.29 is 19.0 Å². The number of methoxy groups -OCH3 is 3. The van der Waals surface area contributed by atoms with Gasteiger partial charge < -0.3 is 19.5 Å². The first-order chi connectivity index (χ1) is 15.5. The molecule has 4 aromatic rings. The van der Waals surface area contributed by atoms with Crippen LogP contribution in [-0.2, 0) is 0 Å². The van der Waals surface area contributed by atoms with Crippen molar-refractivity contribution in [3.63, 3.8) is 0 Å². The zero-order chi connectivity index (χ0) is 22.7. The Bertz CT molecular complexity index is 1260. The lowest BCUT2D eigenvalue weighted by atomic mass is 10.0. The number of aromatic nitrogens is 1. The molecule has 0 fully saturated rings. The van der Waals surface area contributed by atoms with Crippen molar-refractivity contribution in [3.8, 4) is 28.5 Å². The number of aryl methyl sites for hydroxylation is 1. The van der Waals surface area contributed by atoms with Gasteiger partial charge >= 0.3 is 0 Å². The maximum absolute atomic E-state index is 13.4. The van der Waals surface area contributed by atoms with E-state index in [1.807, 2.05) is 61.5 Å². The molecule has 0 aliphatic rings. The monoisotopic (exact) mass is 428 g/mol.